The van der Waals surface area contributed by atoms with Gasteiger partial charge in [-0.3, -0.25) is 9.59 Å². The van der Waals surface area contributed by atoms with E-state index >= 15 is 0 Å². The third kappa shape index (κ3) is 8.13. The molecule has 0 saturated carbocycles. The molecular weight excluding hydrogens is 304 g/mol. The number of alkyl halides is 1. The predicted molar refractivity (Wildman–Crippen MR) is 75.1 cm³/mol. The molecule has 1 amide bonds. The summed E-state index contributed by atoms with van der Waals surface area (Å²) in [6.45, 7) is 5.01. The fraction of sp³-hybridized carbons (Fsp3) is 0.667. The van der Waals surface area contributed by atoms with Gasteiger partial charge in [0.05, 0.1) is 26.4 Å². The lowest BCUT2D eigenvalue weighted by Gasteiger charge is -2.19. The van der Waals surface area contributed by atoms with E-state index in [1.807, 2.05) is 0 Å². The Labute approximate surface area is 127 Å². The van der Waals surface area contributed by atoms with Crippen molar-refractivity contribution >= 4 is 35.3 Å². The number of esters is 2. The molecule has 0 radical (unpaired) electrons. The van der Waals surface area contributed by atoms with E-state index in [4.69, 9.17) is 16.3 Å². The van der Waals surface area contributed by atoms with Gasteiger partial charge in [-0.1, -0.05) is 0 Å². The van der Waals surface area contributed by atoms with E-state index in [0.717, 1.165) is 7.11 Å². The molecule has 1 atom stereocenters. The number of nitrogens with zero attached hydrogens (tertiary/aromatic N) is 1. The maximum atomic E-state index is 11.5. The number of halogens is 1. The third-order valence-electron chi connectivity index (χ3n) is 1.94. The Morgan fingerprint density at radius 2 is 1.76 bits per heavy atom. The van der Waals surface area contributed by atoms with Crippen molar-refractivity contribution in [2.24, 2.45) is 5.10 Å². The summed E-state index contributed by atoms with van der Waals surface area (Å²) in [6.07, 6.45) is -1.23. The van der Waals surface area contributed by atoms with Crippen LogP contribution in [0.2, 0.25) is 0 Å². The number of ether oxygens (including phenoxy) is 3. The summed E-state index contributed by atoms with van der Waals surface area (Å²) in [5.41, 5.74) is 1.21. The molecule has 0 aliphatic rings. The van der Waals surface area contributed by atoms with Gasteiger partial charge in [0.25, 0.3) is 0 Å². The Morgan fingerprint density at radius 3 is 2.19 bits per heavy atom. The SMILES string of the molecule is COC(=O)CC(=NNC(=O)OC(C)(C)C)C(Cl)C(=O)OC. The summed E-state index contributed by atoms with van der Waals surface area (Å²) in [6, 6.07) is 0. The van der Waals surface area contributed by atoms with E-state index in [2.05, 4.69) is 20.0 Å². The van der Waals surface area contributed by atoms with Gasteiger partial charge in [-0.25, -0.2) is 10.2 Å². The summed E-state index contributed by atoms with van der Waals surface area (Å²) in [7, 11) is 2.30. The van der Waals surface area contributed by atoms with Gasteiger partial charge in [0.2, 0.25) is 0 Å². The molecule has 120 valence electrons. The van der Waals surface area contributed by atoms with E-state index < -0.39 is 29.0 Å². The molecule has 0 aromatic heterocycles. The van der Waals surface area contributed by atoms with E-state index in [0.29, 0.717) is 0 Å². The smallest absolute Gasteiger partial charge is 0.428 e. The first-order valence-electron chi connectivity index (χ1n) is 5.95. The van der Waals surface area contributed by atoms with E-state index in [9.17, 15) is 14.4 Å². The molecule has 1 unspecified atom stereocenters. The Hall–Kier alpha value is -1.83. The number of hydrazone groups is 1. The number of carbonyl (C=O) groups is 3. The first-order valence-corrected chi connectivity index (χ1v) is 6.38. The molecule has 0 fully saturated rings. The van der Waals surface area contributed by atoms with Crippen LogP contribution in [0.5, 0.6) is 0 Å². The Kier molecular flexibility index (Phi) is 7.72. The molecular formula is C12H19ClN2O6. The van der Waals surface area contributed by atoms with Crippen molar-refractivity contribution in [2.45, 2.75) is 38.2 Å². The minimum Gasteiger partial charge on any atom is -0.469 e. The molecule has 9 heteroatoms. The fourth-order valence-corrected chi connectivity index (χ4v) is 1.28. The highest BCUT2D eigenvalue weighted by Crippen LogP contribution is 2.08. The molecule has 0 bridgehead atoms. The second-order valence-corrected chi connectivity index (χ2v) is 5.29. The van der Waals surface area contributed by atoms with Crippen LogP contribution in [0, 0.1) is 0 Å². The first kappa shape index (κ1) is 19.2. The van der Waals surface area contributed by atoms with Gasteiger partial charge in [0.15, 0.2) is 5.38 Å². The van der Waals surface area contributed by atoms with Crippen molar-refractivity contribution in [3.63, 3.8) is 0 Å². The van der Waals surface area contributed by atoms with Crippen molar-refractivity contribution in [3.05, 3.63) is 0 Å². The van der Waals surface area contributed by atoms with Gasteiger partial charge in [0.1, 0.15) is 5.60 Å². The van der Waals surface area contributed by atoms with Crippen LogP contribution in [-0.4, -0.2) is 48.9 Å². The molecule has 0 aliphatic carbocycles. The second-order valence-electron chi connectivity index (χ2n) is 4.86. The number of rotatable bonds is 5. The van der Waals surface area contributed by atoms with E-state index in [-0.39, 0.29) is 12.1 Å². The Bertz CT molecular complexity index is 430. The van der Waals surface area contributed by atoms with Crippen LogP contribution in [0.4, 0.5) is 4.79 Å². The Balaban J connectivity index is 4.95. The third-order valence-corrected chi connectivity index (χ3v) is 2.37. The summed E-state index contributed by atoms with van der Waals surface area (Å²) < 4.78 is 13.9. The van der Waals surface area contributed by atoms with Crippen LogP contribution in [0.15, 0.2) is 5.10 Å². The molecule has 0 heterocycles. The number of methoxy groups -OCH3 is 2. The van der Waals surface area contributed by atoms with Crippen LogP contribution in [0.3, 0.4) is 0 Å². The molecule has 8 nitrogen and oxygen atoms in total. The lowest BCUT2D eigenvalue weighted by Crippen LogP contribution is -2.34. The predicted octanol–water partition coefficient (Wildman–Crippen LogP) is 1.21. The van der Waals surface area contributed by atoms with Crippen molar-refractivity contribution < 1.29 is 28.6 Å². The summed E-state index contributed by atoms with van der Waals surface area (Å²) in [5.74, 6) is -1.49. The quantitative estimate of drug-likeness (QED) is 0.268. The van der Waals surface area contributed by atoms with Gasteiger partial charge in [-0.15, -0.1) is 11.6 Å². The van der Waals surface area contributed by atoms with Crippen LogP contribution in [0.1, 0.15) is 27.2 Å². The lowest BCUT2D eigenvalue weighted by atomic mass is 10.2. The molecule has 0 rings (SSSR count). The van der Waals surface area contributed by atoms with E-state index in [1.54, 1.807) is 20.8 Å². The molecule has 21 heavy (non-hydrogen) atoms. The topological polar surface area (TPSA) is 103 Å². The molecule has 0 spiro atoms. The molecule has 0 aliphatic heterocycles. The van der Waals surface area contributed by atoms with Gasteiger partial charge in [0, 0.05) is 0 Å². The van der Waals surface area contributed by atoms with Gasteiger partial charge in [-0.05, 0) is 20.8 Å². The first-order chi connectivity index (χ1) is 9.60. The Morgan fingerprint density at radius 1 is 1.19 bits per heavy atom. The number of hydrogen-bond donors (Lipinski definition) is 1. The van der Waals surface area contributed by atoms with Crippen molar-refractivity contribution in [1.82, 2.24) is 5.43 Å². The average molecular weight is 323 g/mol. The number of amides is 1. The second kappa shape index (κ2) is 8.46. The zero-order valence-corrected chi connectivity index (χ0v) is 13.3. The van der Waals surface area contributed by atoms with Crippen molar-refractivity contribution in [3.8, 4) is 0 Å². The van der Waals surface area contributed by atoms with Crippen molar-refractivity contribution in [2.75, 3.05) is 14.2 Å². The molecule has 0 aromatic carbocycles. The number of hydrogen-bond acceptors (Lipinski definition) is 7. The number of nitrogens with one attached hydrogen (secondary N) is 1. The highest BCUT2D eigenvalue weighted by atomic mass is 35.5. The highest BCUT2D eigenvalue weighted by Gasteiger charge is 2.26. The van der Waals surface area contributed by atoms with Gasteiger partial charge < -0.3 is 14.2 Å². The minimum absolute atomic E-state index is 0.124. The molecule has 0 saturated heterocycles. The normalized spacial score (nSPS) is 13.1. The standard InChI is InChI=1S/C12H19ClN2O6/c1-12(2,3)21-11(18)15-14-7(6-8(16)19-4)9(13)10(17)20-5/h9H,6H2,1-5H3,(H,15,18). The fourth-order valence-electron chi connectivity index (χ4n) is 1.06. The highest BCUT2D eigenvalue weighted by molar-refractivity contribution is 6.42. The van der Waals surface area contributed by atoms with Gasteiger partial charge in [-0.2, -0.15) is 5.10 Å². The van der Waals surface area contributed by atoms with Crippen LogP contribution in [-0.2, 0) is 23.8 Å². The average Bonchev–Trinajstić information content (AvgIpc) is 2.39. The van der Waals surface area contributed by atoms with Crippen LogP contribution in [0.25, 0.3) is 0 Å². The maximum Gasteiger partial charge on any atom is 0.428 e. The van der Waals surface area contributed by atoms with Crippen LogP contribution < -0.4 is 5.43 Å². The molecule has 0 aromatic rings. The van der Waals surface area contributed by atoms with Crippen molar-refractivity contribution in [1.29, 1.82) is 0 Å². The summed E-state index contributed by atoms with van der Waals surface area (Å²) >= 11 is 5.81. The van der Waals surface area contributed by atoms with Gasteiger partial charge >= 0.3 is 18.0 Å². The lowest BCUT2D eigenvalue weighted by molar-refractivity contribution is -0.139. The zero-order valence-electron chi connectivity index (χ0n) is 12.6. The zero-order chi connectivity index (χ0) is 16.6. The monoisotopic (exact) mass is 322 g/mol. The summed E-state index contributed by atoms with van der Waals surface area (Å²) in [5, 5.41) is 2.29. The van der Waals surface area contributed by atoms with Crippen LogP contribution >= 0.6 is 11.6 Å². The minimum atomic E-state index is -1.33. The molecule has 1 N–H and O–H groups in total. The largest absolute Gasteiger partial charge is 0.469 e. The van der Waals surface area contributed by atoms with E-state index in [1.165, 1.54) is 7.11 Å². The number of carbonyl (C=O) groups excluding carboxylic acids is 3. The summed E-state index contributed by atoms with van der Waals surface area (Å²) in [4.78, 5) is 34.1. The maximum absolute atomic E-state index is 11.5.